The van der Waals surface area contributed by atoms with Crippen LogP contribution in [0.2, 0.25) is 0 Å². The summed E-state index contributed by atoms with van der Waals surface area (Å²) in [5, 5.41) is 7.69. The largest absolute Gasteiger partial charge is 0.376 e. The third-order valence-electron chi connectivity index (χ3n) is 30.7. The molecule has 0 N–H and O–H groups in total. The van der Waals surface area contributed by atoms with Crippen LogP contribution in [0.4, 0.5) is 56.9 Å². The molecule has 0 fully saturated rings. The van der Waals surface area contributed by atoms with Gasteiger partial charge in [0.25, 0.3) is 0 Å². The maximum Gasteiger partial charge on any atom is 0.363 e. The topological polar surface area (TPSA) is 66.6 Å². The van der Waals surface area contributed by atoms with E-state index in [4.69, 9.17) is 4.98 Å². The Morgan fingerprint density at radius 2 is 0.475 bits per heavy atom. The van der Waals surface area contributed by atoms with Gasteiger partial charge in [-0.3, -0.25) is 9.97 Å². The predicted octanol–water partition coefficient (Wildman–Crippen LogP) is 22.0. The molecule has 0 radical (unpaired) electrons. The van der Waals surface area contributed by atoms with Gasteiger partial charge in [-0.1, -0.05) is 285 Å². The fraction of sp³-hybridized carbons (Fsp3) is 0. The molecule has 12 nitrogen and oxygen atoms in total. The minimum atomic E-state index is 0.0969. The van der Waals surface area contributed by atoms with E-state index in [0.29, 0.717) is 0 Å². The molecule has 0 bridgehead atoms. The number of fused-ring (bicyclic) bond motifs is 61. The van der Waals surface area contributed by atoms with Gasteiger partial charge >= 0.3 is 34.2 Å². The van der Waals surface area contributed by atoms with Crippen molar-refractivity contribution in [2.24, 2.45) is 0 Å². The second-order valence-electron chi connectivity index (χ2n) is 37.8. The molecular weight excluding hydrogens is 1710 g/mol. The van der Waals surface area contributed by atoms with Gasteiger partial charge in [-0.15, -0.1) is 0 Å². The maximum absolute atomic E-state index is 4.79. The van der Waals surface area contributed by atoms with Crippen LogP contribution in [0.15, 0.2) is 492 Å². The van der Waals surface area contributed by atoms with E-state index in [1.807, 2.05) is 24.7 Å². The molecule has 652 valence electrons. The van der Waals surface area contributed by atoms with Gasteiger partial charge < -0.3 is 46.9 Å². The molecule has 17 heterocycles. The number of anilines is 10. The van der Waals surface area contributed by atoms with Crippen molar-refractivity contribution in [3.63, 3.8) is 0 Å². The highest BCUT2D eigenvalue weighted by Gasteiger charge is 2.50. The van der Waals surface area contributed by atoms with Crippen molar-refractivity contribution in [3.05, 3.63) is 492 Å². The zero-order valence-corrected chi connectivity index (χ0v) is 76.5. The Hall–Kier alpha value is -18.2. The van der Waals surface area contributed by atoms with Crippen molar-refractivity contribution in [3.8, 4) is 84.2 Å². The van der Waals surface area contributed by atoms with Gasteiger partial charge in [0.05, 0.1) is 79.3 Å². The van der Waals surface area contributed by atoms with Crippen LogP contribution >= 0.6 is 0 Å². The smallest absolute Gasteiger partial charge is 0.363 e. The van der Waals surface area contributed by atoms with Gasteiger partial charge in [0.2, 0.25) is 0 Å². The molecule has 17 heteroatoms. The molecule has 0 saturated heterocycles. The lowest BCUT2D eigenvalue weighted by Gasteiger charge is -2.43. The van der Waals surface area contributed by atoms with Crippen molar-refractivity contribution in [2.45, 2.75) is 0 Å². The molecule has 0 unspecified atom stereocenters. The van der Waals surface area contributed by atoms with Crippen molar-refractivity contribution in [1.82, 2.24) is 32.8 Å². The summed E-state index contributed by atoms with van der Waals surface area (Å²) in [6.07, 6.45) is 12.3. The lowest BCUT2D eigenvalue weighted by atomic mass is 9.43. The number of para-hydroxylation sites is 15. The van der Waals surface area contributed by atoms with E-state index in [2.05, 4.69) is 519 Å². The standard InChI is InChI=1S/C28H18BN3.2C27H17BN2.C22H15BN2.C20H14BN3/c1-3-11-21-19(9-1)17-27-29-28-18-20-10-2-4-12-22(20)31(28)24-14-6-8-16-26(24)32(29)25-15-7-5-13-23(25)30(21)27;1-2-9-19-17-24-22(16-18(19)8-1)20-10-4-6-13-25(20)30-26-14-7-15-29-27(26)21-11-3-5-12-23(21)28(24)30;1-2-8-19-16-25-22(15-18(19)7-1)21-10-4-6-12-26(21)30-27-13-14-29-17-23(27)20-9-3-5-11-24(20)28(25)30;1-3-10-18-16(8-1)17-9-2-4-11-19(17)25-21-13-6-5-12-20(21)24-15-7-14-22(24)23(18)25;1-3-9-17-15(7-1)22-13-5-11-19(22)21-20-12-6-14-23(20)16-8-2-4-10-18(16)24(17)21/h1-18H;2*1-17H;1-15H;1-14H. The zero-order chi connectivity index (χ0) is 92.2. The quantitative estimate of drug-likeness (QED) is 0.140. The average Bonchev–Trinajstić information content (AvgIpc) is 1.02. The number of hydrogen-bond acceptors (Lipinski definition) is 7. The zero-order valence-electron chi connectivity index (χ0n) is 76.5. The summed E-state index contributed by atoms with van der Waals surface area (Å²) >= 11 is 0. The highest BCUT2D eigenvalue weighted by molar-refractivity contribution is 6.94. The molecule has 0 spiro atoms. The number of pyridine rings is 2. The molecule has 0 saturated carbocycles. The normalized spacial score (nSPS) is 13.4. The first-order valence-corrected chi connectivity index (χ1v) is 48.7. The molecule has 10 aliphatic heterocycles. The van der Waals surface area contributed by atoms with Crippen LogP contribution in [0.5, 0.6) is 0 Å². The van der Waals surface area contributed by atoms with Crippen LogP contribution in [-0.2, 0) is 0 Å². The first-order valence-electron chi connectivity index (χ1n) is 48.7. The molecule has 0 aliphatic carbocycles. The van der Waals surface area contributed by atoms with Crippen LogP contribution in [0.1, 0.15) is 0 Å². The summed E-state index contributed by atoms with van der Waals surface area (Å²) in [4.78, 5) is 21.7. The van der Waals surface area contributed by atoms with E-state index in [-0.39, 0.29) is 34.2 Å². The van der Waals surface area contributed by atoms with Crippen LogP contribution in [0, 0.1) is 0 Å². The first-order chi connectivity index (χ1) is 70.1. The van der Waals surface area contributed by atoms with Gasteiger partial charge in [0, 0.05) is 110 Å². The van der Waals surface area contributed by atoms with Crippen LogP contribution in [0.3, 0.4) is 0 Å². The number of nitrogens with zero attached hydrogens (tertiary/aromatic N) is 12. The summed E-state index contributed by atoms with van der Waals surface area (Å²) < 4.78 is 11.9. The molecule has 0 amide bonds. The Bertz CT molecular complexity index is 8890. The van der Waals surface area contributed by atoms with Gasteiger partial charge in [0.15, 0.2) is 0 Å². The Kier molecular flexibility index (Phi) is 17.5. The Morgan fingerprint density at radius 1 is 0.170 bits per heavy atom. The van der Waals surface area contributed by atoms with Crippen molar-refractivity contribution in [1.29, 1.82) is 0 Å². The van der Waals surface area contributed by atoms with Gasteiger partial charge in [-0.05, 0) is 257 Å². The second kappa shape index (κ2) is 31.2. The number of hydrogen-bond donors (Lipinski definition) is 0. The second-order valence-corrected chi connectivity index (χ2v) is 37.8. The fourth-order valence-electron chi connectivity index (χ4n) is 25.0. The lowest BCUT2D eigenvalue weighted by molar-refractivity contribution is 1.04. The molecule has 24 aromatic rings. The average molecular weight is 1790 g/mol. The van der Waals surface area contributed by atoms with Crippen LogP contribution < -0.4 is 79.3 Å². The fourth-order valence-corrected chi connectivity index (χ4v) is 25.0. The third kappa shape index (κ3) is 11.7. The molecule has 141 heavy (non-hydrogen) atoms. The van der Waals surface area contributed by atoms with Crippen molar-refractivity contribution >= 4 is 190 Å². The van der Waals surface area contributed by atoms with E-state index in [1.165, 1.54) is 234 Å². The van der Waals surface area contributed by atoms with Gasteiger partial charge in [-0.25, -0.2) is 0 Å². The van der Waals surface area contributed by atoms with Crippen LogP contribution in [-0.4, -0.2) is 67.0 Å². The van der Waals surface area contributed by atoms with Crippen molar-refractivity contribution in [2.75, 3.05) is 24.1 Å². The first kappa shape index (κ1) is 79.1. The minimum Gasteiger partial charge on any atom is -0.376 e. The highest BCUT2D eigenvalue weighted by Crippen LogP contribution is 2.52. The predicted molar refractivity (Wildman–Crippen MR) is 590 cm³/mol. The Morgan fingerprint density at radius 3 is 0.943 bits per heavy atom. The third-order valence-corrected chi connectivity index (χ3v) is 30.7. The Balaban J connectivity index is 0.0000000830. The summed E-state index contributed by atoms with van der Waals surface area (Å²) in [7, 11) is 0. The lowest BCUT2D eigenvalue weighted by Crippen LogP contribution is -2.63. The van der Waals surface area contributed by atoms with Gasteiger partial charge in [-0.2, -0.15) is 0 Å². The summed E-state index contributed by atoms with van der Waals surface area (Å²) in [5.41, 5.74) is 47.1. The summed E-state index contributed by atoms with van der Waals surface area (Å²) in [6, 6.07) is 165. The molecule has 7 aromatic heterocycles. The minimum absolute atomic E-state index is 0.0969. The maximum atomic E-state index is 4.79. The van der Waals surface area contributed by atoms with E-state index >= 15 is 0 Å². The number of benzene rings is 17. The molecule has 10 aliphatic rings. The molecular formula is C124H81B5N12. The van der Waals surface area contributed by atoms with Crippen LogP contribution in [0.25, 0.3) is 128 Å². The number of aromatic nitrogens is 7. The number of rotatable bonds is 0. The molecule has 0 atom stereocenters. The Labute approximate surface area is 817 Å². The van der Waals surface area contributed by atoms with Crippen molar-refractivity contribution < 1.29 is 0 Å². The van der Waals surface area contributed by atoms with E-state index < -0.39 is 0 Å². The molecule has 17 aromatic carbocycles. The van der Waals surface area contributed by atoms with E-state index in [0.717, 1.165) is 5.69 Å². The highest BCUT2D eigenvalue weighted by atomic mass is 15.2. The van der Waals surface area contributed by atoms with E-state index in [1.54, 1.807) is 0 Å². The van der Waals surface area contributed by atoms with Gasteiger partial charge in [0.1, 0.15) is 0 Å². The summed E-state index contributed by atoms with van der Waals surface area (Å²) in [5.74, 6) is 0. The van der Waals surface area contributed by atoms with E-state index in [9.17, 15) is 0 Å². The monoisotopic (exact) mass is 1790 g/mol. The SMILES string of the molecule is c1ccc2c(c1)B1c3cc4ccccc4cc3-c3ccccc3N1c1cccnc1-2.c1ccc2c(c1)B1c3cc4ccccc4cc3-c3ccccc3N1c1ccncc1-2.c1ccc2c(c1)B1c3cccn3-c3ccccc3N1c1ccccc1-2.c1ccc2c(c1)N1B(c3cc4ccccc4n3-2)c2cc3ccccc3n2-c2ccccc21.c1ccc2c(c1)N1B(c3cccn3-2)c2cccn2-c2ccccc21. The molecule has 34 rings (SSSR count). The summed E-state index contributed by atoms with van der Waals surface area (Å²) in [6.45, 7) is 0.772.